The van der Waals surface area contributed by atoms with E-state index < -0.39 is 11.7 Å². The first-order chi connectivity index (χ1) is 7.41. The number of ether oxygens (including phenoxy) is 2. The Labute approximate surface area is 100.0 Å². The number of rotatable bonds is 7. The highest BCUT2D eigenvalue weighted by Crippen LogP contribution is 2.14. The number of amides is 1. The molecule has 0 aliphatic heterocycles. The first-order valence-corrected chi connectivity index (χ1v) is 5.59. The molecule has 0 rings (SSSR count). The van der Waals surface area contributed by atoms with Crippen LogP contribution in [0.5, 0.6) is 0 Å². The largest absolute Gasteiger partial charge is 0.444 e. The van der Waals surface area contributed by atoms with Gasteiger partial charge in [-0.1, -0.05) is 13.6 Å². The van der Waals surface area contributed by atoms with Crippen molar-refractivity contribution in [3.05, 3.63) is 0 Å². The third-order valence-corrected chi connectivity index (χ3v) is 2.19. The van der Waals surface area contributed by atoms with E-state index in [2.05, 4.69) is 5.23 Å². The van der Waals surface area contributed by atoms with Crippen molar-refractivity contribution in [3.63, 3.8) is 0 Å². The van der Waals surface area contributed by atoms with E-state index in [1.807, 2.05) is 34.9 Å². The van der Waals surface area contributed by atoms with Gasteiger partial charge in [-0.15, -0.1) is 0 Å². The van der Waals surface area contributed by atoms with E-state index >= 15 is 0 Å². The van der Waals surface area contributed by atoms with Gasteiger partial charge >= 0.3 is 6.09 Å². The van der Waals surface area contributed by atoms with Crippen LogP contribution >= 0.6 is 0 Å². The Balaban J connectivity index is 3.81. The number of carbonyl (C=O) groups excluding carboxylic acids is 1. The van der Waals surface area contributed by atoms with E-state index in [1.54, 1.807) is 14.2 Å². The molecule has 0 aromatic heterocycles. The van der Waals surface area contributed by atoms with Crippen LogP contribution in [-0.2, 0) is 9.47 Å². The zero-order valence-corrected chi connectivity index (χ0v) is 10.9. The Morgan fingerprint density at radius 1 is 1.44 bits per heavy atom. The molecule has 0 fully saturated rings. The topological polar surface area (TPSA) is 47.6 Å². The number of carbonyl (C=O) groups is 1. The predicted octanol–water partition coefficient (Wildman–Crippen LogP) is 1.66. The van der Waals surface area contributed by atoms with Crippen molar-refractivity contribution >= 4 is 20.8 Å². The van der Waals surface area contributed by atoms with Gasteiger partial charge in [-0.25, -0.2) is 4.79 Å². The van der Waals surface area contributed by atoms with Gasteiger partial charge in [0, 0.05) is 19.0 Å². The standard InChI is InChI=1S/C10H21B2NO3/c1-8(11-4)15-7-6-10(2,3)16-9(14)13-12-5/h8H,6-7H2,1-5H3,(H,13,14). The maximum absolute atomic E-state index is 11.2. The average Bonchev–Trinajstić information content (AvgIpc) is 2.16. The molecule has 90 valence electrons. The first-order valence-electron chi connectivity index (χ1n) is 5.59. The summed E-state index contributed by atoms with van der Waals surface area (Å²) in [6.07, 6.45) is 0.241. The van der Waals surface area contributed by atoms with Crippen LogP contribution in [0, 0.1) is 0 Å². The van der Waals surface area contributed by atoms with Crippen LogP contribution in [0.2, 0.25) is 13.6 Å². The van der Waals surface area contributed by atoms with Crippen molar-refractivity contribution in [2.75, 3.05) is 6.61 Å². The van der Waals surface area contributed by atoms with E-state index in [0.717, 1.165) is 0 Å². The second-order valence-electron chi connectivity index (χ2n) is 4.24. The molecule has 0 bridgehead atoms. The van der Waals surface area contributed by atoms with Crippen LogP contribution in [-0.4, -0.2) is 39.0 Å². The molecule has 0 aliphatic carbocycles. The molecule has 1 unspecified atom stereocenters. The Hall–Kier alpha value is -0.640. The SMILES string of the molecule is C[B]NC(=O)OC(C)(C)CCOC(C)[B]C. The zero-order valence-electron chi connectivity index (χ0n) is 10.9. The maximum atomic E-state index is 11.2. The van der Waals surface area contributed by atoms with E-state index in [1.165, 1.54) is 0 Å². The van der Waals surface area contributed by atoms with Crippen molar-refractivity contribution in [1.82, 2.24) is 5.23 Å². The lowest BCUT2D eigenvalue weighted by atomic mass is 9.76. The molecule has 2 radical (unpaired) electrons. The third-order valence-electron chi connectivity index (χ3n) is 2.19. The van der Waals surface area contributed by atoms with Crippen molar-refractivity contribution in [3.8, 4) is 0 Å². The summed E-state index contributed by atoms with van der Waals surface area (Å²) in [6, 6.07) is 0.133. The molecule has 1 atom stereocenters. The van der Waals surface area contributed by atoms with Crippen LogP contribution < -0.4 is 5.23 Å². The predicted molar refractivity (Wildman–Crippen MR) is 67.0 cm³/mol. The maximum Gasteiger partial charge on any atom is 0.395 e. The molecule has 0 aromatic rings. The Bertz CT molecular complexity index is 212. The molecule has 1 N–H and O–H groups in total. The van der Waals surface area contributed by atoms with Crippen molar-refractivity contribution in [2.45, 2.75) is 52.4 Å². The van der Waals surface area contributed by atoms with Gasteiger partial charge in [-0.05, 0) is 20.8 Å². The molecule has 0 saturated carbocycles. The number of hydrogen-bond donors (Lipinski definition) is 1. The van der Waals surface area contributed by atoms with Crippen LogP contribution in [0.3, 0.4) is 0 Å². The molecule has 0 aliphatic rings. The summed E-state index contributed by atoms with van der Waals surface area (Å²) in [6.45, 7) is 9.97. The van der Waals surface area contributed by atoms with E-state index in [0.29, 0.717) is 13.0 Å². The molecule has 1 amide bonds. The Kier molecular flexibility index (Phi) is 7.30. The normalized spacial score (nSPS) is 12.8. The van der Waals surface area contributed by atoms with Gasteiger partial charge in [0.25, 0.3) is 0 Å². The highest BCUT2D eigenvalue weighted by atomic mass is 16.6. The van der Waals surface area contributed by atoms with Crippen LogP contribution in [0.4, 0.5) is 4.79 Å². The van der Waals surface area contributed by atoms with Crippen molar-refractivity contribution in [1.29, 1.82) is 0 Å². The van der Waals surface area contributed by atoms with Crippen LogP contribution in [0.25, 0.3) is 0 Å². The molecule has 0 heterocycles. The summed E-state index contributed by atoms with van der Waals surface area (Å²) in [4.78, 5) is 11.2. The summed E-state index contributed by atoms with van der Waals surface area (Å²) in [7, 11) is 3.52. The summed E-state index contributed by atoms with van der Waals surface area (Å²) >= 11 is 0. The molecule has 6 heteroatoms. The monoisotopic (exact) mass is 225 g/mol. The van der Waals surface area contributed by atoms with Gasteiger partial charge in [0.2, 0.25) is 7.41 Å². The summed E-state index contributed by atoms with van der Waals surface area (Å²) < 4.78 is 10.7. The lowest BCUT2D eigenvalue weighted by Crippen LogP contribution is -2.36. The van der Waals surface area contributed by atoms with Crippen molar-refractivity contribution < 1.29 is 14.3 Å². The fourth-order valence-corrected chi connectivity index (χ4v) is 1.04. The number of nitrogens with one attached hydrogen (secondary N) is 1. The molecule has 0 aromatic carbocycles. The minimum Gasteiger partial charge on any atom is -0.444 e. The van der Waals surface area contributed by atoms with E-state index in [9.17, 15) is 4.79 Å². The van der Waals surface area contributed by atoms with Gasteiger partial charge in [0.1, 0.15) is 12.9 Å². The van der Waals surface area contributed by atoms with Gasteiger partial charge in [0.05, 0.1) is 0 Å². The lowest BCUT2D eigenvalue weighted by Gasteiger charge is -2.25. The molecule has 0 saturated heterocycles. The molecule has 4 nitrogen and oxygen atoms in total. The molecular weight excluding hydrogens is 204 g/mol. The van der Waals surface area contributed by atoms with E-state index in [-0.39, 0.29) is 6.00 Å². The zero-order chi connectivity index (χ0) is 12.6. The van der Waals surface area contributed by atoms with Crippen molar-refractivity contribution in [2.24, 2.45) is 0 Å². The third kappa shape index (κ3) is 7.63. The molecule has 0 spiro atoms. The summed E-state index contributed by atoms with van der Waals surface area (Å²) in [5.74, 6) is 0. The average molecular weight is 225 g/mol. The molecular formula is C10H21B2NO3. The number of hydrogen-bond acceptors (Lipinski definition) is 3. The van der Waals surface area contributed by atoms with Gasteiger partial charge in [-0.2, -0.15) is 0 Å². The smallest absolute Gasteiger partial charge is 0.395 e. The molecule has 16 heavy (non-hydrogen) atoms. The fourth-order valence-electron chi connectivity index (χ4n) is 1.04. The van der Waals surface area contributed by atoms with Crippen LogP contribution in [0.1, 0.15) is 27.2 Å². The quantitative estimate of drug-likeness (QED) is 0.670. The second-order valence-corrected chi connectivity index (χ2v) is 4.24. The Morgan fingerprint density at radius 2 is 2.06 bits per heavy atom. The lowest BCUT2D eigenvalue weighted by molar-refractivity contribution is 0.00636. The summed E-state index contributed by atoms with van der Waals surface area (Å²) in [5, 5.41) is 2.48. The first kappa shape index (κ1) is 15.4. The van der Waals surface area contributed by atoms with Gasteiger partial charge < -0.3 is 14.7 Å². The Morgan fingerprint density at radius 3 is 2.56 bits per heavy atom. The minimum absolute atomic E-state index is 0.133. The van der Waals surface area contributed by atoms with Gasteiger partial charge in [0.15, 0.2) is 0 Å². The summed E-state index contributed by atoms with van der Waals surface area (Å²) in [5.41, 5.74) is -0.513. The minimum atomic E-state index is -0.513. The highest BCUT2D eigenvalue weighted by molar-refractivity contribution is 6.35. The fraction of sp³-hybridized carbons (Fsp3) is 0.900. The van der Waals surface area contributed by atoms with Crippen LogP contribution in [0.15, 0.2) is 0 Å². The highest BCUT2D eigenvalue weighted by Gasteiger charge is 2.22. The van der Waals surface area contributed by atoms with Gasteiger partial charge in [-0.3, -0.25) is 0 Å². The van der Waals surface area contributed by atoms with E-state index in [4.69, 9.17) is 9.47 Å². The second kappa shape index (κ2) is 7.60.